The maximum absolute atomic E-state index is 5.69. The van der Waals surface area contributed by atoms with Gasteiger partial charge in [0, 0.05) is 7.11 Å². The number of fused-ring (bicyclic) bond motifs is 1. The maximum atomic E-state index is 5.69. The lowest BCUT2D eigenvalue weighted by molar-refractivity contribution is 0.0329. The predicted molar refractivity (Wildman–Crippen MR) is 79.5 cm³/mol. The summed E-state index contributed by atoms with van der Waals surface area (Å²) in [6.45, 7) is 8.59. The van der Waals surface area contributed by atoms with Gasteiger partial charge in [0.25, 0.3) is 0 Å². The van der Waals surface area contributed by atoms with Crippen LogP contribution in [0, 0.1) is 5.92 Å². The molecular weight excluding hydrogens is 254 g/mol. The molecule has 0 radical (unpaired) electrons. The van der Waals surface area contributed by atoms with E-state index in [9.17, 15) is 0 Å². The Bertz CT molecular complexity index is 434. The number of hydrogen-bond acceptors (Lipinski definition) is 4. The molecule has 20 heavy (non-hydrogen) atoms. The minimum Gasteiger partial charge on any atom is -0.486 e. The molecule has 1 aromatic rings. The molecule has 1 aliphatic heterocycles. The molecule has 1 heterocycles. The van der Waals surface area contributed by atoms with Gasteiger partial charge < -0.3 is 19.5 Å². The largest absolute Gasteiger partial charge is 0.486 e. The minimum absolute atomic E-state index is 0.123. The van der Waals surface area contributed by atoms with Crippen molar-refractivity contribution in [2.75, 3.05) is 26.9 Å². The molecule has 0 fully saturated rings. The number of rotatable bonds is 6. The molecule has 112 valence electrons. The van der Waals surface area contributed by atoms with Crippen LogP contribution in [0.15, 0.2) is 18.2 Å². The predicted octanol–water partition coefficient (Wildman–Crippen LogP) is 2.78. The van der Waals surface area contributed by atoms with Gasteiger partial charge in [-0.15, -0.1) is 0 Å². The van der Waals surface area contributed by atoms with Crippen LogP contribution in [-0.4, -0.2) is 33.0 Å². The Kier molecular flexibility index (Phi) is 5.26. The molecule has 2 unspecified atom stereocenters. The normalized spacial score (nSPS) is 17.1. The molecule has 0 amide bonds. The Morgan fingerprint density at radius 2 is 1.90 bits per heavy atom. The highest BCUT2D eigenvalue weighted by Gasteiger charge is 2.26. The molecule has 0 spiro atoms. The van der Waals surface area contributed by atoms with Gasteiger partial charge in [-0.3, -0.25) is 0 Å². The standard InChI is InChI=1S/C16H25NO3/c1-5-17-15(16(18-4)11(2)3)12-6-7-13-14(10-12)20-9-8-19-13/h6-7,10-11,15-17H,5,8-9H2,1-4H3. The van der Waals surface area contributed by atoms with Crippen LogP contribution in [0.3, 0.4) is 0 Å². The van der Waals surface area contributed by atoms with Crippen LogP contribution in [0.2, 0.25) is 0 Å². The van der Waals surface area contributed by atoms with Gasteiger partial charge in [0.15, 0.2) is 11.5 Å². The number of benzene rings is 1. The number of ether oxygens (including phenoxy) is 3. The van der Waals surface area contributed by atoms with E-state index < -0.39 is 0 Å². The molecule has 1 aliphatic rings. The fourth-order valence-electron chi connectivity index (χ4n) is 2.69. The average Bonchev–Trinajstić information content (AvgIpc) is 2.46. The van der Waals surface area contributed by atoms with E-state index in [1.807, 2.05) is 6.07 Å². The van der Waals surface area contributed by atoms with E-state index in [2.05, 4.69) is 38.2 Å². The van der Waals surface area contributed by atoms with E-state index in [0.29, 0.717) is 19.1 Å². The third kappa shape index (κ3) is 3.25. The second kappa shape index (κ2) is 6.95. The van der Waals surface area contributed by atoms with Gasteiger partial charge in [0.2, 0.25) is 0 Å². The Morgan fingerprint density at radius 3 is 2.50 bits per heavy atom. The molecule has 0 aromatic heterocycles. The molecule has 1 aromatic carbocycles. The molecule has 4 heteroatoms. The summed E-state index contributed by atoms with van der Waals surface area (Å²) in [7, 11) is 1.77. The summed E-state index contributed by atoms with van der Waals surface area (Å²) >= 11 is 0. The molecule has 0 saturated heterocycles. The van der Waals surface area contributed by atoms with Crippen molar-refractivity contribution in [2.45, 2.75) is 32.9 Å². The van der Waals surface area contributed by atoms with Crippen molar-refractivity contribution >= 4 is 0 Å². The van der Waals surface area contributed by atoms with E-state index in [-0.39, 0.29) is 12.1 Å². The van der Waals surface area contributed by atoms with Gasteiger partial charge in [0.05, 0.1) is 12.1 Å². The summed E-state index contributed by atoms with van der Waals surface area (Å²) in [5.74, 6) is 2.08. The molecule has 2 rings (SSSR count). The van der Waals surface area contributed by atoms with Crippen molar-refractivity contribution < 1.29 is 14.2 Å². The highest BCUT2D eigenvalue weighted by atomic mass is 16.6. The Labute approximate surface area is 121 Å². The van der Waals surface area contributed by atoms with Crippen molar-refractivity contribution in [3.8, 4) is 11.5 Å². The first kappa shape index (κ1) is 15.1. The smallest absolute Gasteiger partial charge is 0.161 e. The third-order valence-corrected chi connectivity index (χ3v) is 3.61. The summed E-state index contributed by atoms with van der Waals surface area (Å²) in [6, 6.07) is 6.30. The van der Waals surface area contributed by atoms with E-state index in [4.69, 9.17) is 14.2 Å². The van der Waals surface area contributed by atoms with Crippen LogP contribution >= 0.6 is 0 Å². The van der Waals surface area contributed by atoms with Gasteiger partial charge in [-0.1, -0.05) is 26.8 Å². The average molecular weight is 279 g/mol. The minimum atomic E-state index is 0.123. The maximum Gasteiger partial charge on any atom is 0.161 e. The summed E-state index contributed by atoms with van der Waals surface area (Å²) < 4.78 is 16.9. The van der Waals surface area contributed by atoms with Gasteiger partial charge in [-0.25, -0.2) is 0 Å². The lowest BCUT2D eigenvalue weighted by atomic mass is 9.93. The zero-order valence-corrected chi connectivity index (χ0v) is 12.8. The zero-order valence-electron chi connectivity index (χ0n) is 12.8. The van der Waals surface area contributed by atoms with Crippen molar-refractivity contribution in [2.24, 2.45) is 5.92 Å². The van der Waals surface area contributed by atoms with Crippen LogP contribution in [0.25, 0.3) is 0 Å². The van der Waals surface area contributed by atoms with Gasteiger partial charge >= 0.3 is 0 Å². The van der Waals surface area contributed by atoms with E-state index in [1.165, 1.54) is 5.56 Å². The van der Waals surface area contributed by atoms with Crippen LogP contribution in [-0.2, 0) is 4.74 Å². The number of methoxy groups -OCH3 is 1. The second-order valence-corrected chi connectivity index (χ2v) is 5.38. The molecule has 4 nitrogen and oxygen atoms in total. The van der Waals surface area contributed by atoms with Crippen LogP contribution in [0.5, 0.6) is 11.5 Å². The van der Waals surface area contributed by atoms with Crippen molar-refractivity contribution in [1.29, 1.82) is 0 Å². The fourth-order valence-corrected chi connectivity index (χ4v) is 2.69. The van der Waals surface area contributed by atoms with Crippen molar-refractivity contribution in [3.05, 3.63) is 23.8 Å². The Morgan fingerprint density at radius 1 is 1.20 bits per heavy atom. The quantitative estimate of drug-likeness (QED) is 0.869. The molecular formula is C16H25NO3. The lowest BCUT2D eigenvalue weighted by Gasteiger charge is -2.31. The second-order valence-electron chi connectivity index (χ2n) is 5.38. The van der Waals surface area contributed by atoms with Crippen molar-refractivity contribution in [1.82, 2.24) is 5.32 Å². The third-order valence-electron chi connectivity index (χ3n) is 3.61. The fraction of sp³-hybridized carbons (Fsp3) is 0.625. The van der Waals surface area contributed by atoms with Crippen molar-refractivity contribution in [3.63, 3.8) is 0 Å². The zero-order chi connectivity index (χ0) is 14.5. The topological polar surface area (TPSA) is 39.7 Å². The highest BCUT2D eigenvalue weighted by molar-refractivity contribution is 5.45. The van der Waals surface area contributed by atoms with Gasteiger partial charge in [0.1, 0.15) is 13.2 Å². The first-order chi connectivity index (χ1) is 9.67. The molecule has 0 bridgehead atoms. The highest BCUT2D eigenvalue weighted by Crippen LogP contribution is 2.34. The summed E-state index contributed by atoms with van der Waals surface area (Å²) in [5, 5.41) is 3.52. The Hall–Kier alpha value is -1.26. The van der Waals surface area contributed by atoms with Crippen LogP contribution in [0.4, 0.5) is 0 Å². The van der Waals surface area contributed by atoms with E-state index in [0.717, 1.165) is 18.0 Å². The summed E-state index contributed by atoms with van der Waals surface area (Å²) in [5.41, 5.74) is 1.18. The number of likely N-dealkylation sites (N-methyl/N-ethyl adjacent to an activating group) is 1. The van der Waals surface area contributed by atoms with E-state index >= 15 is 0 Å². The molecule has 0 aliphatic carbocycles. The Balaban J connectivity index is 2.28. The lowest BCUT2D eigenvalue weighted by Crippen LogP contribution is -2.36. The number of nitrogens with one attached hydrogen (secondary N) is 1. The van der Waals surface area contributed by atoms with Gasteiger partial charge in [-0.05, 0) is 30.2 Å². The van der Waals surface area contributed by atoms with Crippen LogP contribution in [0.1, 0.15) is 32.4 Å². The first-order valence-electron chi connectivity index (χ1n) is 7.33. The SMILES string of the molecule is CCNC(c1ccc2c(c1)OCCO2)C(OC)C(C)C. The van der Waals surface area contributed by atoms with E-state index in [1.54, 1.807) is 7.11 Å². The summed E-state index contributed by atoms with van der Waals surface area (Å²) in [6.07, 6.45) is 0.123. The first-order valence-corrected chi connectivity index (χ1v) is 7.33. The monoisotopic (exact) mass is 279 g/mol. The molecule has 2 atom stereocenters. The molecule has 1 N–H and O–H groups in total. The van der Waals surface area contributed by atoms with Gasteiger partial charge in [-0.2, -0.15) is 0 Å². The number of hydrogen-bond donors (Lipinski definition) is 1. The molecule has 0 saturated carbocycles. The summed E-state index contributed by atoms with van der Waals surface area (Å²) in [4.78, 5) is 0. The van der Waals surface area contributed by atoms with Crippen LogP contribution < -0.4 is 14.8 Å².